The van der Waals surface area contributed by atoms with Gasteiger partial charge in [0.15, 0.2) is 0 Å². The first kappa shape index (κ1) is 14.5. The van der Waals surface area contributed by atoms with E-state index < -0.39 is 0 Å². The molecule has 24 heavy (non-hydrogen) atoms. The number of aryl methyl sites for hydroxylation is 1. The van der Waals surface area contributed by atoms with Crippen molar-refractivity contribution in [1.82, 2.24) is 9.55 Å². The molecule has 3 nitrogen and oxygen atoms in total. The maximum absolute atomic E-state index is 5.34. The highest BCUT2D eigenvalue weighted by atomic mass is 16.5. The monoisotopic (exact) mass is 314 g/mol. The largest absolute Gasteiger partial charge is 0.497 e. The van der Waals surface area contributed by atoms with Crippen molar-refractivity contribution in [2.24, 2.45) is 0 Å². The van der Waals surface area contributed by atoms with E-state index in [9.17, 15) is 0 Å². The van der Waals surface area contributed by atoms with Gasteiger partial charge in [-0.05, 0) is 54.4 Å². The maximum atomic E-state index is 5.34. The molecule has 0 saturated carbocycles. The summed E-state index contributed by atoms with van der Waals surface area (Å²) in [6, 6.07) is 22.9. The summed E-state index contributed by atoms with van der Waals surface area (Å²) in [6.07, 6.45) is 1.88. The van der Waals surface area contributed by atoms with Crippen molar-refractivity contribution in [2.75, 3.05) is 7.11 Å². The van der Waals surface area contributed by atoms with Crippen molar-refractivity contribution >= 4 is 11.0 Å². The number of nitrogens with zero attached hydrogens (tertiary/aromatic N) is 2. The summed E-state index contributed by atoms with van der Waals surface area (Å²) < 4.78 is 7.46. The van der Waals surface area contributed by atoms with Crippen LogP contribution < -0.4 is 4.74 Å². The minimum atomic E-state index is 0.861. The minimum Gasteiger partial charge on any atom is -0.497 e. The van der Waals surface area contributed by atoms with E-state index in [-0.39, 0.29) is 0 Å². The molecule has 1 heterocycles. The Balaban J connectivity index is 1.85. The zero-order valence-corrected chi connectivity index (χ0v) is 13.7. The first-order chi connectivity index (χ1) is 11.7. The number of hydrogen-bond acceptors (Lipinski definition) is 2. The van der Waals surface area contributed by atoms with Crippen LogP contribution in [0.5, 0.6) is 5.75 Å². The quantitative estimate of drug-likeness (QED) is 0.531. The second-order valence-corrected chi connectivity index (χ2v) is 5.89. The van der Waals surface area contributed by atoms with Gasteiger partial charge >= 0.3 is 0 Å². The molecule has 4 rings (SSSR count). The third kappa shape index (κ3) is 2.54. The number of hydrogen-bond donors (Lipinski definition) is 0. The zero-order chi connectivity index (χ0) is 16.5. The van der Waals surface area contributed by atoms with Crippen LogP contribution in [0.4, 0.5) is 0 Å². The minimum absolute atomic E-state index is 0.861. The van der Waals surface area contributed by atoms with Crippen molar-refractivity contribution in [1.29, 1.82) is 0 Å². The fraction of sp³-hybridized carbons (Fsp3) is 0.0952. The highest BCUT2D eigenvalue weighted by molar-refractivity contribution is 5.83. The molecule has 0 bridgehead atoms. The van der Waals surface area contributed by atoms with Crippen molar-refractivity contribution < 1.29 is 4.74 Å². The van der Waals surface area contributed by atoms with Gasteiger partial charge in [0.2, 0.25) is 0 Å². The van der Waals surface area contributed by atoms with Crippen LogP contribution in [0.25, 0.3) is 27.8 Å². The van der Waals surface area contributed by atoms with Crippen LogP contribution >= 0.6 is 0 Å². The first-order valence-electron chi connectivity index (χ1n) is 7.93. The van der Waals surface area contributed by atoms with Crippen molar-refractivity contribution in [3.63, 3.8) is 0 Å². The Hall–Kier alpha value is -3.07. The molecule has 0 aliphatic heterocycles. The molecule has 0 N–H and O–H groups in total. The van der Waals surface area contributed by atoms with E-state index in [1.165, 1.54) is 5.56 Å². The Kier molecular flexibility index (Phi) is 3.54. The summed E-state index contributed by atoms with van der Waals surface area (Å²) in [5.74, 6) is 0.861. The van der Waals surface area contributed by atoms with Gasteiger partial charge in [-0.3, -0.25) is 4.57 Å². The van der Waals surface area contributed by atoms with Crippen LogP contribution in [0.1, 0.15) is 5.56 Å². The molecule has 0 spiro atoms. The van der Waals surface area contributed by atoms with E-state index in [2.05, 4.69) is 65.0 Å². The third-order valence-corrected chi connectivity index (χ3v) is 4.26. The number of methoxy groups -OCH3 is 1. The average Bonchev–Trinajstić information content (AvgIpc) is 3.05. The fourth-order valence-corrected chi connectivity index (χ4v) is 2.90. The van der Waals surface area contributed by atoms with Gasteiger partial charge < -0.3 is 4.74 Å². The number of imidazole rings is 1. The van der Waals surface area contributed by atoms with Crippen molar-refractivity contribution in [2.45, 2.75) is 6.92 Å². The Morgan fingerprint density at radius 3 is 2.46 bits per heavy atom. The lowest BCUT2D eigenvalue weighted by molar-refractivity contribution is 0.415. The van der Waals surface area contributed by atoms with E-state index in [1.807, 2.05) is 24.5 Å². The van der Waals surface area contributed by atoms with Gasteiger partial charge in [-0.25, -0.2) is 4.98 Å². The van der Waals surface area contributed by atoms with Crippen LogP contribution in [-0.2, 0) is 0 Å². The summed E-state index contributed by atoms with van der Waals surface area (Å²) in [7, 11) is 1.69. The van der Waals surface area contributed by atoms with Gasteiger partial charge in [0.1, 0.15) is 12.1 Å². The van der Waals surface area contributed by atoms with Crippen LogP contribution in [0.3, 0.4) is 0 Å². The molecule has 0 aliphatic carbocycles. The lowest BCUT2D eigenvalue weighted by atomic mass is 10.0. The summed E-state index contributed by atoms with van der Waals surface area (Å²) in [5.41, 5.74) is 6.73. The van der Waals surface area contributed by atoms with Gasteiger partial charge in [-0.2, -0.15) is 0 Å². The SMILES string of the molecule is COc1cccc(-c2ccc3ncn(-c4ccc(C)cc4)c3c2)c1. The molecule has 4 aromatic rings. The summed E-state index contributed by atoms with van der Waals surface area (Å²) in [4.78, 5) is 4.52. The molecule has 0 radical (unpaired) electrons. The second kappa shape index (κ2) is 5.85. The van der Waals surface area contributed by atoms with Gasteiger partial charge in [0.05, 0.1) is 18.1 Å². The number of ether oxygens (including phenoxy) is 1. The topological polar surface area (TPSA) is 27.1 Å². The second-order valence-electron chi connectivity index (χ2n) is 5.89. The number of rotatable bonds is 3. The lowest BCUT2D eigenvalue weighted by Crippen LogP contribution is -1.92. The molecule has 0 aliphatic rings. The Labute approximate surface area is 141 Å². The molecular weight excluding hydrogens is 296 g/mol. The molecule has 0 fully saturated rings. The van der Waals surface area contributed by atoms with Gasteiger partial charge in [-0.1, -0.05) is 35.9 Å². The summed E-state index contributed by atoms with van der Waals surface area (Å²) in [6.45, 7) is 2.09. The van der Waals surface area contributed by atoms with Crippen LogP contribution in [0.2, 0.25) is 0 Å². The van der Waals surface area contributed by atoms with Gasteiger partial charge in [-0.15, -0.1) is 0 Å². The maximum Gasteiger partial charge on any atom is 0.119 e. The van der Waals surface area contributed by atoms with Gasteiger partial charge in [0.25, 0.3) is 0 Å². The number of benzene rings is 3. The van der Waals surface area contributed by atoms with Crippen LogP contribution in [0.15, 0.2) is 73.1 Å². The molecule has 3 aromatic carbocycles. The van der Waals surface area contributed by atoms with Gasteiger partial charge in [0, 0.05) is 5.69 Å². The number of fused-ring (bicyclic) bond motifs is 1. The highest BCUT2D eigenvalue weighted by Crippen LogP contribution is 2.28. The summed E-state index contributed by atoms with van der Waals surface area (Å²) >= 11 is 0. The molecule has 0 saturated heterocycles. The zero-order valence-electron chi connectivity index (χ0n) is 13.7. The molecule has 0 atom stereocenters. The first-order valence-corrected chi connectivity index (χ1v) is 7.93. The van der Waals surface area contributed by atoms with Crippen molar-refractivity contribution in [3.05, 3.63) is 78.6 Å². The Morgan fingerprint density at radius 1 is 0.875 bits per heavy atom. The van der Waals surface area contributed by atoms with E-state index in [0.29, 0.717) is 0 Å². The molecule has 0 amide bonds. The van der Waals surface area contributed by atoms with E-state index in [1.54, 1.807) is 7.11 Å². The average molecular weight is 314 g/mol. The third-order valence-electron chi connectivity index (χ3n) is 4.26. The predicted molar refractivity (Wildman–Crippen MR) is 97.8 cm³/mol. The molecule has 0 unspecified atom stereocenters. The van der Waals surface area contributed by atoms with E-state index >= 15 is 0 Å². The van der Waals surface area contributed by atoms with Crippen molar-refractivity contribution in [3.8, 4) is 22.6 Å². The molecule has 118 valence electrons. The molecule has 1 aromatic heterocycles. The normalized spacial score (nSPS) is 10.9. The fourth-order valence-electron chi connectivity index (χ4n) is 2.90. The van der Waals surface area contributed by atoms with E-state index in [4.69, 9.17) is 4.74 Å². The standard InChI is InChI=1S/C21H18N2O/c1-15-6-9-18(10-7-15)23-14-22-20-11-8-17(13-21(20)23)16-4-3-5-19(12-16)24-2/h3-14H,1-2H3. The summed E-state index contributed by atoms with van der Waals surface area (Å²) in [5, 5.41) is 0. The smallest absolute Gasteiger partial charge is 0.119 e. The Morgan fingerprint density at radius 2 is 1.67 bits per heavy atom. The van der Waals surface area contributed by atoms with Crippen LogP contribution in [-0.4, -0.2) is 16.7 Å². The van der Waals surface area contributed by atoms with E-state index in [0.717, 1.165) is 33.6 Å². The highest BCUT2D eigenvalue weighted by Gasteiger charge is 2.07. The lowest BCUT2D eigenvalue weighted by Gasteiger charge is -2.08. The molecular formula is C21H18N2O. The Bertz CT molecular complexity index is 1000. The van der Waals surface area contributed by atoms with Crippen LogP contribution in [0, 0.1) is 6.92 Å². The predicted octanol–water partition coefficient (Wildman–Crippen LogP) is 5.01. The number of aromatic nitrogens is 2. The molecule has 3 heteroatoms.